The van der Waals surface area contributed by atoms with Gasteiger partial charge in [0.05, 0.1) is 6.26 Å². The number of hydrogen-bond acceptors (Lipinski definition) is 3. The molecular weight excluding hydrogens is 328 g/mol. The van der Waals surface area contributed by atoms with Gasteiger partial charge in [-0.1, -0.05) is 30.3 Å². The lowest BCUT2D eigenvalue weighted by Crippen LogP contribution is -2.51. The second-order valence-corrected chi connectivity index (χ2v) is 7.30. The number of piperazine rings is 1. The number of rotatable bonds is 4. The Bertz CT molecular complexity index is 743. The largest absolute Gasteiger partial charge is 0.459 e. The molecule has 0 N–H and O–H groups in total. The van der Waals surface area contributed by atoms with Crippen molar-refractivity contribution in [2.24, 2.45) is 5.92 Å². The lowest BCUT2D eigenvalue weighted by atomic mass is 9.70. The zero-order valence-electron chi connectivity index (χ0n) is 14.8. The summed E-state index contributed by atoms with van der Waals surface area (Å²) in [5, 5.41) is 0. The van der Waals surface area contributed by atoms with Crippen LogP contribution in [0, 0.1) is 5.92 Å². The van der Waals surface area contributed by atoms with Crippen molar-refractivity contribution >= 4 is 11.8 Å². The average molecular weight is 352 g/mol. The van der Waals surface area contributed by atoms with Crippen LogP contribution in [0.1, 0.15) is 41.3 Å². The molecule has 0 bridgehead atoms. The summed E-state index contributed by atoms with van der Waals surface area (Å²) in [6.45, 7) is 2.37. The molecule has 0 atom stereocenters. The first-order chi connectivity index (χ1) is 12.7. The molecule has 1 aromatic heterocycles. The molecule has 2 aliphatic rings. The number of carbonyl (C=O) groups excluding carboxylic acids is 2. The average Bonchev–Trinajstić information content (AvgIpc) is 3.19. The fraction of sp³-hybridized carbons (Fsp3) is 0.429. The summed E-state index contributed by atoms with van der Waals surface area (Å²) in [5.74, 6) is 1.61. The number of benzene rings is 1. The van der Waals surface area contributed by atoms with Gasteiger partial charge in [0, 0.05) is 32.6 Å². The van der Waals surface area contributed by atoms with Gasteiger partial charge in [-0.25, -0.2) is 0 Å². The summed E-state index contributed by atoms with van der Waals surface area (Å²) in [5.41, 5.74) is 1.39. The molecule has 1 aliphatic heterocycles. The number of hydrogen-bond donors (Lipinski definition) is 0. The monoisotopic (exact) mass is 352 g/mol. The van der Waals surface area contributed by atoms with E-state index < -0.39 is 0 Å². The van der Waals surface area contributed by atoms with Crippen molar-refractivity contribution in [1.82, 2.24) is 9.80 Å². The zero-order chi connectivity index (χ0) is 17.9. The van der Waals surface area contributed by atoms with Gasteiger partial charge in [0.2, 0.25) is 5.91 Å². The van der Waals surface area contributed by atoms with E-state index in [9.17, 15) is 9.59 Å². The van der Waals surface area contributed by atoms with E-state index in [1.54, 1.807) is 17.0 Å². The van der Waals surface area contributed by atoms with Gasteiger partial charge in [-0.15, -0.1) is 0 Å². The van der Waals surface area contributed by atoms with Crippen molar-refractivity contribution in [2.45, 2.75) is 25.2 Å². The van der Waals surface area contributed by atoms with Gasteiger partial charge in [0.25, 0.3) is 5.91 Å². The maximum absolute atomic E-state index is 12.6. The second kappa shape index (κ2) is 7.36. The van der Waals surface area contributed by atoms with Crippen LogP contribution < -0.4 is 0 Å². The molecule has 0 spiro atoms. The minimum absolute atomic E-state index is 0.0909. The lowest BCUT2D eigenvalue weighted by molar-refractivity contribution is -0.134. The van der Waals surface area contributed by atoms with Crippen LogP contribution in [0.15, 0.2) is 53.1 Å². The molecule has 2 fully saturated rings. The van der Waals surface area contributed by atoms with Gasteiger partial charge in [0.1, 0.15) is 0 Å². The Kier molecular flexibility index (Phi) is 4.78. The van der Waals surface area contributed by atoms with Crippen molar-refractivity contribution in [1.29, 1.82) is 0 Å². The van der Waals surface area contributed by atoms with Crippen LogP contribution in [0.4, 0.5) is 0 Å². The normalized spacial score (nSPS) is 22.8. The Morgan fingerprint density at radius 3 is 2.27 bits per heavy atom. The maximum Gasteiger partial charge on any atom is 0.289 e. The van der Waals surface area contributed by atoms with E-state index in [-0.39, 0.29) is 11.8 Å². The Hall–Kier alpha value is -2.56. The molecule has 0 unspecified atom stereocenters. The minimum Gasteiger partial charge on any atom is -0.459 e. The fourth-order valence-corrected chi connectivity index (χ4v) is 3.99. The summed E-state index contributed by atoms with van der Waals surface area (Å²) < 4.78 is 5.17. The van der Waals surface area contributed by atoms with Crippen molar-refractivity contribution < 1.29 is 14.0 Å². The predicted octanol–water partition coefficient (Wildman–Crippen LogP) is 3.15. The standard InChI is InChI=1S/C21H24N2O3/c24-20(15-16-13-18(14-16)17-5-2-1-3-6-17)22-8-10-23(11-9-22)21(25)19-7-4-12-26-19/h1-7,12,16,18H,8-11,13-15H2. The molecule has 1 saturated carbocycles. The zero-order valence-corrected chi connectivity index (χ0v) is 14.8. The molecule has 1 aromatic carbocycles. The molecule has 5 heteroatoms. The third kappa shape index (κ3) is 3.52. The van der Waals surface area contributed by atoms with Gasteiger partial charge in [-0.2, -0.15) is 0 Å². The molecule has 2 amide bonds. The molecule has 136 valence electrons. The Morgan fingerprint density at radius 1 is 0.923 bits per heavy atom. The minimum atomic E-state index is -0.0909. The maximum atomic E-state index is 12.6. The Morgan fingerprint density at radius 2 is 1.62 bits per heavy atom. The van der Waals surface area contributed by atoms with E-state index in [1.165, 1.54) is 11.8 Å². The molecule has 1 aliphatic carbocycles. The highest BCUT2D eigenvalue weighted by Gasteiger charge is 2.33. The summed E-state index contributed by atoms with van der Waals surface area (Å²) in [7, 11) is 0. The number of nitrogens with zero attached hydrogens (tertiary/aromatic N) is 2. The topological polar surface area (TPSA) is 53.8 Å². The molecule has 5 nitrogen and oxygen atoms in total. The highest BCUT2D eigenvalue weighted by molar-refractivity contribution is 5.91. The molecule has 4 rings (SSSR count). The summed E-state index contributed by atoms with van der Waals surface area (Å²) in [4.78, 5) is 28.5. The van der Waals surface area contributed by atoms with Crippen LogP contribution >= 0.6 is 0 Å². The number of carbonyl (C=O) groups is 2. The van der Waals surface area contributed by atoms with Gasteiger partial charge < -0.3 is 14.2 Å². The predicted molar refractivity (Wildman–Crippen MR) is 97.7 cm³/mol. The van der Waals surface area contributed by atoms with Crippen molar-refractivity contribution in [3.63, 3.8) is 0 Å². The molecule has 2 heterocycles. The van der Waals surface area contributed by atoms with Crippen LogP contribution in [-0.4, -0.2) is 47.8 Å². The summed E-state index contributed by atoms with van der Waals surface area (Å²) in [6.07, 6.45) is 4.35. The third-order valence-electron chi connectivity index (χ3n) is 5.62. The Labute approximate surface area is 153 Å². The second-order valence-electron chi connectivity index (χ2n) is 7.30. The molecule has 26 heavy (non-hydrogen) atoms. The van der Waals surface area contributed by atoms with Gasteiger partial charge in [0.15, 0.2) is 5.76 Å². The van der Waals surface area contributed by atoms with E-state index in [2.05, 4.69) is 24.3 Å². The number of amides is 2. The molecular formula is C21H24N2O3. The first kappa shape index (κ1) is 16.9. The van der Waals surface area contributed by atoms with E-state index >= 15 is 0 Å². The SMILES string of the molecule is O=C(CC1CC(c2ccccc2)C1)N1CCN(C(=O)c2ccco2)CC1. The smallest absolute Gasteiger partial charge is 0.289 e. The van der Waals surface area contributed by atoms with Crippen LogP contribution in [0.25, 0.3) is 0 Å². The van der Waals surface area contributed by atoms with Crippen LogP contribution in [0.2, 0.25) is 0 Å². The molecule has 0 radical (unpaired) electrons. The quantitative estimate of drug-likeness (QED) is 0.849. The fourth-order valence-electron chi connectivity index (χ4n) is 3.99. The van der Waals surface area contributed by atoms with Crippen LogP contribution in [0.3, 0.4) is 0 Å². The number of furan rings is 1. The highest BCUT2D eigenvalue weighted by atomic mass is 16.3. The lowest BCUT2D eigenvalue weighted by Gasteiger charge is -2.38. The van der Waals surface area contributed by atoms with E-state index in [1.807, 2.05) is 11.0 Å². The van der Waals surface area contributed by atoms with Crippen molar-refractivity contribution in [2.75, 3.05) is 26.2 Å². The summed E-state index contributed by atoms with van der Waals surface area (Å²) >= 11 is 0. The Balaban J connectivity index is 1.22. The first-order valence-electron chi connectivity index (χ1n) is 9.36. The molecule has 1 saturated heterocycles. The van der Waals surface area contributed by atoms with Gasteiger partial charge in [-0.3, -0.25) is 9.59 Å². The van der Waals surface area contributed by atoms with Crippen molar-refractivity contribution in [3.05, 3.63) is 60.1 Å². The highest BCUT2D eigenvalue weighted by Crippen LogP contribution is 2.43. The van der Waals surface area contributed by atoms with E-state index in [4.69, 9.17) is 4.42 Å². The van der Waals surface area contributed by atoms with E-state index in [0.717, 1.165) is 12.8 Å². The van der Waals surface area contributed by atoms with Crippen LogP contribution in [0.5, 0.6) is 0 Å². The van der Waals surface area contributed by atoms with E-state index in [0.29, 0.717) is 50.2 Å². The summed E-state index contributed by atoms with van der Waals surface area (Å²) in [6, 6.07) is 14.0. The third-order valence-corrected chi connectivity index (χ3v) is 5.62. The van der Waals surface area contributed by atoms with Crippen LogP contribution in [-0.2, 0) is 4.79 Å². The van der Waals surface area contributed by atoms with Gasteiger partial charge in [-0.05, 0) is 42.4 Å². The first-order valence-corrected chi connectivity index (χ1v) is 9.36. The van der Waals surface area contributed by atoms with Gasteiger partial charge >= 0.3 is 0 Å². The van der Waals surface area contributed by atoms with Crippen molar-refractivity contribution in [3.8, 4) is 0 Å². The molecule has 2 aromatic rings.